The fraction of sp³-hybridized carbons (Fsp3) is 0.133. The molecular formula is C15H17N3O2. The average molecular weight is 271 g/mol. The van der Waals surface area contributed by atoms with E-state index in [0.717, 1.165) is 11.3 Å². The third-order valence-corrected chi connectivity index (χ3v) is 2.93. The molecule has 1 amide bonds. The zero-order valence-corrected chi connectivity index (χ0v) is 11.2. The van der Waals surface area contributed by atoms with Crippen molar-refractivity contribution in [2.24, 2.45) is 5.73 Å². The molecule has 0 heterocycles. The second-order valence-electron chi connectivity index (χ2n) is 4.37. The number of hydrogen-bond donors (Lipinski definition) is 3. The number of carbonyl (C=O) groups is 1. The lowest BCUT2D eigenvalue weighted by atomic mass is 10.1. The SMILES string of the molecule is COc1cccc(CNc2ccc(N)cc2C(N)=O)c1. The van der Waals surface area contributed by atoms with Crippen LogP contribution in [0.3, 0.4) is 0 Å². The largest absolute Gasteiger partial charge is 0.497 e. The van der Waals surface area contributed by atoms with Crippen molar-refractivity contribution in [2.45, 2.75) is 6.54 Å². The minimum absolute atomic E-state index is 0.382. The quantitative estimate of drug-likeness (QED) is 0.725. The summed E-state index contributed by atoms with van der Waals surface area (Å²) in [4.78, 5) is 11.4. The van der Waals surface area contributed by atoms with Gasteiger partial charge in [0.1, 0.15) is 5.75 Å². The molecule has 0 radical (unpaired) electrons. The number of benzene rings is 2. The molecule has 0 aromatic heterocycles. The van der Waals surface area contributed by atoms with Crippen molar-refractivity contribution in [1.29, 1.82) is 0 Å². The fourth-order valence-corrected chi connectivity index (χ4v) is 1.90. The Morgan fingerprint density at radius 1 is 1.25 bits per heavy atom. The summed E-state index contributed by atoms with van der Waals surface area (Å²) in [5, 5.41) is 3.18. The molecule has 2 aromatic rings. The third-order valence-electron chi connectivity index (χ3n) is 2.93. The van der Waals surface area contributed by atoms with Gasteiger partial charge in [-0.1, -0.05) is 12.1 Å². The molecule has 0 saturated heterocycles. The highest BCUT2D eigenvalue weighted by atomic mass is 16.5. The first kappa shape index (κ1) is 13.7. The third kappa shape index (κ3) is 3.20. The second kappa shape index (κ2) is 5.97. The van der Waals surface area contributed by atoms with E-state index in [-0.39, 0.29) is 0 Å². The first-order valence-corrected chi connectivity index (χ1v) is 6.16. The van der Waals surface area contributed by atoms with Gasteiger partial charge in [0.25, 0.3) is 5.91 Å². The van der Waals surface area contributed by atoms with Gasteiger partial charge in [-0.2, -0.15) is 0 Å². The van der Waals surface area contributed by atoms with E-state index in [2.05, 4.69) is 5.32 Å². The van der Waals surface area contributed by atoms with Crippen LogP contribution in [-0.4, -0.2) is 13.0 Å². The predicted molar refractivity (Wildman–Crippen MR) is 79.7 cm³/mol. The minimum Gasteiger partial charge on any atom is -0.497 e. The van der Waals surface area contributed by atoms with E-state index in [4.69, 9.17) is 16.2 Å². The first-order valence-electron chi connectivity index (χ1n) is 6.16. The summed E-state index contributed by atoms with van der Waals surface area (Å²) in [5.41, 5.74) is 13.6. The average Bonchev–Trinajstić information content (AvgIpc) is 2.46. The Balaban J connectivity index is 2.16. The highest BCUT2D eigenvalue weighted by Crippen LogP contribution is 2.20. The predicted octanol–water partition coefficient (Wildman–Crippen LogP) is 1.99. The van der Waals surface area contributed by atoms with Gasteiger partial charge in [-0.15, -0.1) is 0 Å². The summed E-state index contributed by atoms with van der Waals surface area (Å²) in [6.07, 6.45) is 0. The summed E-state index contributed by atoms with van der Waals surface area (Å²) in [6, 6.07) is 12.7. The van der Waals surface area contributed by atoms with Gasteiger partial charge in [-0.25, -0.2) is 0 Å². The lowest BCUT2D eigenvalue weighted by Crippen LogP contribution is -2.14. The van der Waals surface area contributed by atoms with Crippen molar-refractivity contribution in [3.05, 3.63) is 53.6 Å². The maximum Gasteiger partial charge on any atom is 0.250 e. The molecule has 0 unspecified atom stereocenters. The highest BCUT2D eigenvalue weighted by molar-refractivity contribution is 5.99. The number of nitrogen functional groups attached to an aromatic ring is 1. The number of primary amides is 1. The van der Waals surface area contributed by atoms with Gasteiger partial charge in [0.2, 0.25) is 0 Å². The number of rotatable bonds is 5. The van der Waals surface area contributed by atoms with Crippen molar-refractivity contribution >= 4 is 17.3 Å². The van der Waals surface area contributed by atoms with Crippen LogP contribution in [0.1, 0.15) is 15.9 Å². The Morgan fingerprint density at radius 2 is 2.05 bits per heavy atom. The van der Waals surface area contributed by atoms with E-state index < -0.39 is 5.91 Å². The number of carbonyl (C=O) groups excluding carboxylic acids is 1. The molecule has 5 N–H and O–H groups in total. The molecule has 20 heavy (non-hydrogen) atoms. The van der Waals surface area contributed by atoms with E-state index in [0.29, 0.717) is 23.5 Å². The molecule has 2 aromatic carbocycles. The zero-order chi connectivity index (χ0) is 14.5. The van der Waals surface area contributed by atoms with Gasteiger partial charge >= 0.3 is 0 Å². The molecule has 0 atom stereocenters. The summed E-state index contributed by atoms with van der Waals surface area (Å²) < 4.78 is 5.17. The molecule has 2 rings (SSSR count). The Bertz CT molecular complexity index is 626. The van der Waals surface area contributed by atoms with E-state index in [9.17, 15) is 4.79 Å². The van der Waals surface area contributed by atoms with Crippen molar-refractivity contribution in [3.8, 4) is 5.75 Å². The molecule has 0 bridgehead atoms. The molecule has 0 spiro atoms. The molecule has 5 nitrogen and oxygen atoms in total. The number of nitrogens with one attached hydrogen (secondary N) is 1. The van der Waals surface area contributed by atoms with Gasteiger partial charge in [-0.05, 0) is 35.9 Å². The van der Waals surface area contributed by atoms with Crippen LogP contribution in [0.25, 0.3) is 0 Å². The Morgan fingerprint density at radius 3 is 2.75 bits per heavy atom. The van der Waals surface area contributed by atoms with E-state index >= 15 is 0 Å². The van der Waals surface area contributed by atoms with E-state index in [1.54, 1.807) is 25.3 Å². The van der Waals surface area contributed by atoms with Crippen LogP contribution in [0.5, 0.6) is 5.75 Å². The maximum atomic E-state index is 11.4. The van der Waals surface area contributed by atoms with Crippen molar-refractivity contribution in [1.82, 2.24) is 0 Å². The molecule has 0 fully saturated rings. The molecular weight excluding hydrogens is 254 g/mol. The molecule has 104 valence electrons. The lowest BCUT2D eigenvalue weighted by Gasteiger charge is -2.11. The summed E-state index contributed by atoms with van der Waals surface area (Å²) >= 11 is 0. The van der Waals surface area contributed by atoms with Crippen LogP contribution in [0.4, 0.5) is 11.4 Å². The van der Waals surface area contributed by atoms with Crippen LogP contribution in [-0.2, 0) is 6.54 Å². The molecule has 0 aliphatic carbocycles. The molecule has 5 heteroatoms. The second-order valence-corrected chi connectivity index (χ2v) is 4.37. The number of hydrogen-bond acceptors (Lipinski definition) is 4. The normalized spacial score (nSPS) is 10.1. The monoisotopic (exact) mass is 271 g/mol. The van der Waals surface area contributed by atoms with E-state index in [1.165, 1.54) is 0 Å². The molecule has 0 aliphatic heterocycles. The van der Waals surface area contributed by atoms with Crippen LogP contribution in [0.15, 0.2) is 42.5 Å². The number of anilines is 2. The summed E-state index contributed by atoms with van der Waals surface area (Å²) in [6.45, 7) is 0.557. The number of methoxy groups -OCH3 is 1. The zero-order valence-electron chi connectivity index (χ0n) is 11.2. The smallest absolute Gasteiger partial charge is 0.250 e. The topological polar surface area (TPSA) is 90.4 Å². The van der Waals surface area contributed by atoms with E-state index in [1.807, 2.05) is 24.3 Å². The fourth-order valence-electron chi connectivity index (χ4n) is 1.90. The number of amides is 1. The van der Waals surface area contributed by atoms with Gasteiger partial charge in [0.05, 0.1) is 12.7 Å². The standard InChI is InChI=1S/C15H17N3O2/c1-20-12-4-2-3-10(7-12)9-18-14-6-5-11(16)8-13(14)15(17)19/h2-8,18H,9,16H2,1H3,(H2,17,19). The van der Waals surface area contributed by atoms with Crippen LogP contribution >= 0.6 is 0 Å². The van der Waals surface area contributed by atoms with Crippen molar-refractivity contribution in [3.63, 3.8) is 0 Å². The maximum absolute atomic E-state index is 11.4. The number of nitrogens with two attached hydrogens (primary N) is 2. The molecule has 0 aliphatic rings. The van der Waals surface area contributed by atoms with Crippen LogP contribution in [0, 0.1) is 0 Å². The minimum atomic E-state index is -0.509. The highest BCUT2D eigenvalue weighted by Gasteiger charge is 2.08. The van der Waals surface area contributed by atoms with Crippen LogP contribution < -0.4 is 21.5 Å². The van der Waals surface area contributed by atoms with Crippen molar-refractivity contribution < 1.29 is 9.53 Å². The van der Waals surface area contributed by atoms with Gasteiger partial charge in [-0.3, -0.25) is 4.79 Å². The van der Waals surface area contributed by atoms with Gasteiger partial charge < -0.3 is 21.5 Å². The first-order chi connectivity index (χ1) is 9.60. The Labute approximate surface area is 117 Å². The summed E-state index contributed by atoms with van der Waals surface area (Å²) in [5.74, 6) is 0.280. The van der Waals surface area contributed by atoms with Crippen LogP contribution in [0.2, 0.25) is 0 Å². The summed E-state index contributed by atoms with van der Waals surface area (Å²) in [7, 11) is 1.62. The number of ether oxygens (including phenoxy) is 1. The van der Waals surface area contributed by atoms with Gasteiger partial charge in [0, 0.05) is 17.9 Å². The Kier molecular flexibility index (Phi) is 4.10. The van der Waals surface area contributed by atoms with Crippen molar-refractivity contribution in [2.75, 3.05) is 18.2 Å². The van der Waals surface area contributed by atoms with Gasteiger partial charge in [0.15, 0.2) is 0 Å². The lowest BCUT2D eigenvalue weighted by molar-refractivity contribution is 0.100. The molecule has 0 saturated carbocycles. The Hall–Kier alpha value is -2.69.